The molecule has 3 aliphatic rings. The van der Waals surface area contributed by atoms with Gasteiger partial charge in [-0.05, 0) is 122 Å². The molecule has 3 saturated heterocycles. The van der Waals surface area contributed by atoms with Gasteiger partial charge in [-0.3, -0.25) is 4.79 Å². The molecule has 3 heterocycles. The lowest BCUT2D eigenvalue weighted by Gasteiger charge is -2.48. The highest BCUT2D eigenvalue weighted by molar-refractivity contribution is 5.76. The molecular weight excluding hydrogens is 1410 g/mol. The first-order chi connectivity index (χ1) is 54.3. The highest BCUT2D eigenvalue weighted by atomic mass is 16.8. The maximum absolute atomic E-state index is 13.5. The molecule has 3 rings (SSSR count). The molecule has 3 aliphatic heterocycles. The number of unbranched alkanes of at least 4 members (excludes halogenated alkanes) is 27. The van der Waals surface area contributed by atoms with Crippen molar-refractivity contribution in [3.8, 4) is 0 Å². The van der Waals surface area contributed by atoms with E-state index in [9.17, 15) is 61.0 Å². The number of nitrogens with one attached hydrogen (secondary N) is 1. The van der Waals surface area contributed by atoms with Crippen molar-refractivity contribution in [1.82, 2.24) is 5.32 Å². The van der Waals surface area contributed by atoms with E-state index in [1.54, 1.807) is 6.08 Å². The van der Waals surface area contributed by atoms with Crippen LogP contribution in [0.15, 0.2) is 158 Å². The molecule has 19 heteroatoms. The summed E-state index contributed by atoms with van der Waals surface area (Å²) >= 11 is 0. The number of aliphatic hydroxyl groups is 11. The van der Waals surface area contributed by atoms with E-state index in [1.807, 2.05) is 6.08 Å². The smallest absolute Gasteiger partial charge is 0.220 e. The summed E-state index contributed by atoms with van der Waals surface area (Å²) in [5.41, 5.74) is 0. The van der Waals surface area contributed by atoms with Crippen LogP contribution in [0.4, 0.5) is 0 Å². The fraction of sp³-hybridized carbons (Fsp3) is 0.707. The SMILES string of the molecule is CC/C=C\C/C=C\C/C=C\C/C=C\C/C=C\C/C=C\C/C=C\C/C=C\C/C=C\C/C=C\CCCCCCCCCCC(=O)NC(COC1OC(CO)C(OC2OC(CO)C(OC3OC(CO)C(O)C(O)C3O)C(O)C2O)C(O)C1O)C(O)/C=C/CC/C=C/CC/C=C/CCCCCCCCCCCCCCCCCCC. The number of hydrogen-bond donors (Lipinski definition) is 12. The molecule has 17 unspecified atom stereocenters. The van der Waals surface area contributed by atoms with Crippen molar-refractivity contribution in [2.75, 3.05) is 26.4 Å². The molecule has 3 fully saturated rings. The number of carbonyl (C=O) groups excluding carboxylic acids is 1. The van der Waals surface area contributed by atoms with E-state index >= 15 is 0 Å². The molecule has 1 amide bonds. The lowest BCUT2D eigenvalue weighted by atomic mass is 9.96. The first kappa shape index (κ1) is 101. The predicted octanol–water partition coefficient (Wildman–Crippen LogP) is 16.0. The Bertz CT molecular complexity index is 2620. The van der Waals surface area contributed by atoms with Gasteiger partial charge in [0.15, 0.2) is 18.9 Å². The van der Waals surface area contributed by atoms with Crippen molar-refractivity contribution in [2.24, 2.45) is 0 Å². The van der Waals surface area contributed by atoms with Crippen molar-refractivity contribution in [2.45, 2.75) is 388 Å². The molecule has 0 aromatic heterocycles. The molecule has 19 nitrogen and oxygen atoms in total. The Kier molecular flexibility index (Phi) is 63.2. The normalized spacial score (nSPS) is 25.9. The van der Waals surface area contributed by atoms with Crippen molar-refractivity contribution >= 4 is 5.91 Å². The average molecular weight is 1560 g/mol. The molecule has 0 bridgehead atoms. The fourth-order valence-corrected chi connectivity index (χ4v) is 13.4. The van der Waals surface area contributed by atoms with Crippen LogP contribution in [-0.4, -0.2) is 193 Å². The summed E-state index contributed by atoms with van der Waals surface area (Å²) in [6.07, 6.45) is 76.6. The van der Waals surface area contributed by atoms with Crippen LogP contribution in [0.3, 0.4) is 0 Å². The number of hydrogen-bond acceptors (Lipinski definition) is 18. The monoisotopic (exact) mass is 1560 g/mol. The summed E-state index contributed by atoms with van der Waals surface area (Å²) in [6.45, 7) is 1.60. The zero-order valence-electron chi connectivity index (χ0n) is 68.1. The lowest BCUT2D eigenvalue weighted by Crippen LogP contribution is -2.66. The zero-order chi connectivity index (χ0) is 80.3. The number of aliphatic hydroxyl groups excluding tert-OH is 11. The minimum atomic E-state index is -1.99. The van der Waals surface area contributed by atoms with Gasteiger partial charge in [-0.25, -0.2) is 0 Å². The van der Waals surface area contributed by atoms with Crippen molar-refractivity contribution in [3.05, 3.63) is 158 Å². The highest BCUT2D eigenvalue weighted by Gasteiger charge is 2.54. The van der Waals surface area contributed by atoms with Gasteiger partial charge in [0.25, 0.3) is 0 Å². The van der Waals surface area contributed by atoms with Gasteiger partial charge in [-0.15, -0.1) is 0 Å². The van der Waals surface area contributed by atoms with Gasteiger partial charge in [0.2, 0.25) is 5.91 Å². The number of rotatable bonds is 67. The summed E-state index contributed by atoms with van der Waals surface area (Å²) < 4.78 is 34.4. The van der Waals surface area contributed by atoms with Gasteiger partial charge < -0.3 is 89.9 Å². The van der Waals surface area contributed by atoms with Crippen molar-refractivity contribution < 1.29 is 89.4 Å². The number of carbonyl (C=O) groups is 1. The van der Waals surface area contributed by atoms with E-state index in [2.05, 4.69) is 165 Å². The van der Waals surface area contributed by atoms with Crippen LogP contribution in [0, 0.1) is 0 Å². The molecule has 0 radical (unpaired) electrons. The van der Waals surface area contributed by atoms with Crippen LogP contribution in [0.5, 0.6) is 0 Å². The molecule has 111 heavy (non-hydrogen) atoms. The topological polar surface area (TPSA) is 307 Å². The third-order valence-electron chi connectivity index (χ3n) is 20.3. The van der Waals surface area contributed by atoms with Crippen LogP contribution in [0.2, 0.25) is 0 Å². The Morgan fingerprint density at radius 3 is 1.01 bits per heavy atom. The summed E-state index contributed by atoms with van der Waals surface area (Å²) in [5, 5.41) is 121. The van der Waals surface area contributed by atoms with Crippen molar-refractivity contribution in [3.63, 3.8) is 0 Å². The molecule has 0 saturated carbocycles. The second-order valence-corrected chi connectivity index (χ2v) is 29.9. The summed E-state index contributed by atoms with van der Waals surface area (Å²) in [7, 11) is 0. The van der Waals surface area contributed by atoms with E-state index in [4.69, 9.17) is 28.4 Å². The van der Waals surface area contributed by atoms with E-state index in [-0.39, 0.29) is 18.9 Å². The van der Waals surface area contributed by atoms with Crippen LogP contribution in [0.25, 0.3) is 0 Å². The van der Waals surface area contributed by atoms with E-state index < -0.39 is 124 Å². The first-order valence-electron chi connectivity index (χ1n) is 43.2. The maximum Gasteiger partial charge on any atom is 0.220 e. The quantitative estimate of drug-likeness (QED) is 0.0199. The molecular formula is C92H153NO18. The molecule has 17 atom stereocenters. The largest absolute Gasteiger partial charge is 0.394 e. The minimum Gasteiger partial charge on any atom is -0.394 e. The Morgan fingerprint density at radius 2 is 0.631 bits per heavy atom. The van der Waals surface area contributed by atoms with E-state index in [0.29, 0.717) is 12.8 Å². The van der Waals surface area contributed by atoms with Crippen LogP contribution < -0.4 is 5.32 Å². The van der Waals surface area contributed by atoms with Crippen LogP contribution in [0.1, 0.15) is 284 Å². The van der Waals surface area contributed by atoms with Gasteiger partial charge in [-0.2, -0.15) is 0 Å². The Morgan fingerprint density at radius 1 is 0.333 bits per heavy atom. The third-order valence-corrected chi connectivity index (χ3v) is 20.3. The van der Waals surface area contributed by atoms with Gasteiger partial charge in [0.05, 0.1) is 38.6 Å². The second kappa shape index (κ2) is 69.7. The molecule has 12 N–H and O–H groups in total. The fourth-order valence-electron chi connectivity index (χ4n) is 13.4. The number of ether oxygens (including phenoxy) is 6. The standard InChI is InChI=1S/C92H153NO18/c1-3-5-7-9-11-13-15-17-19-21-23-25-27-29-31-32-33-34-35-36-37-38-39-40-41-42-44-46-48-50-52-54-56-58-60-62-64-66-68-70-80(98)93-75(76(97)69-67-65-63-61-59-57-55-53-51-49-47-45-43-30-28-26-24-22-20-18-16-14-12-10-8-6-4-2)74-106-90-86(104)83(101)88(78(72-95)108-90)111-92-87(105)84(102)89(79(73-96)109-92)110-91-85(103)82(100)81(99)77(71-94)107-91/h5,7,11,13,17,19,23,25,29,31,33-34,36-37,39-40,42,44,48,50-51,53,59,61,67,69,75-79,81-92,94-97,99-105H,3-4,6,8-10,12,14-16,18,20-22,24,26-28,30,32,35,38,41,43,45-47,49,52,54-58,60,62-66,68,70-74H2,1-2H3,(H,93,98)/b7-5-,13-11-,19-17-,25-23-,31-29-,34-33-,37-36-,40-39-,44-42-,50-48-,53-51+,61-59+,69-67+. The first-order valence-corrected chi connectivity index (χ1v) is 43.2. The number of allylic oxidation sites excluding steroid dienone is 25. The zero-order valence-corrected chi connectivity index (χ0v) is 68.1. The summed E-state index contributed by atoms with van der Waals surface area (Å²) in [5.74, 6) is -0.303. The maximum atomic E-state index is 13.5. The lowest BCUT2D eigenvalue weighted by molar-refractivity contribution is -0.379. The summed E-state index contributed by atoms with van der Waals surface area (Å²) in [4.78, 5) is 13.5. The van der Waals surface area contributed by atoms with Gasteiger partial charge in [0.1, 0.15) is 73.2 Å². The predicted molar refractivity (Wildman–Crippen MR) is 447 cm³/mol. The molecule has 634 valence electrons. The molecule has 0 aromatic rings. The Labute approximate surface area is 669 Å². The van der Waals surface area contributed by atoms with Crippen LogP contribution in [-0.2, 0) is 33.2 Å². The van der Waals surface area contributed by atoms with E-state index in [0.717, 1.165) is 135 Å². The molecule has 0 aliphatic carbocycles. The highest BCUT2D eigenvalue weighted by Crippen LogP contribution is 2.33. The van der Waals surface area contributed by atoms with E-state index in [1.165, 1.54) is 116 Å². The minimum absolute atomic E-state index is 0.212. The average Bonchev–Trinajstić information content (AvgIpc) is 0.780. The van der Waals surface area contributed by atoms with Gasteiger partial charge in [-0.1, -0.05) is 313 Å². The second-order valence-electron chi connectivity index (χ2n) is 29.9. The van der Waals surface area contributed by atoms with Crippen LogP contribution >= 0.6 is 0 Å². The summed E-state index contributed by atoms with van der Waals surface area (Å²) in [6, 6.07) is -1.01. The van der Waals surface area contributed by atoms with Gasteiger partial charge in [0, 0.05) is 6.42 Å². The Hall–Kier alpha value is -4.59. The van der Waals surface area contributed by atoms with Crippen molar-refractivity contribution in [1.29, 1.82) is 0 Å². The molecule has 0 aromatic carbocycles. The Balaban J connectivity index is 1.37. The third kappa shape index (κ3) is 48.5. The molecule has 0 spiro atoms. The number of amides is 1. The van der Waals surface area contributed by atoms with Gasteiger partial charge >= 0.3 is 0 Å².